The second kappa shape index (κ2) is 3.94. The van der Waals surface area contributed by atoms with Crippen LogP contribution in [0.3, 0.4) is 0 Å². The molecule has 1 saturated carbocycles. The second-order valence-corrected chi connectivity index (χ2v) is 2.83. The van der Waals surface area contributed by atoms with E-state index < -0.39 is 0 Å². The zero-order valence-electron chi connectivity index (χ0n) is 6.80. The van der Waals surface area contributed by atoms with Crippen LogP contribution in [0.25, 0.3) is 0 Å². The van der Waals surface area contributed by atoms with Gasteiger partial charge in [0.1, 0.15) is 0 Å². The minimum absolute atomic E-state index is 0.346. The summed E-state index contributed by atoms with van der Waals surface area (Å²) in [6.45, 7) is 0. The molecule has 0 aromatic carbocycles. The molecular formula is C8H16O2. The van der Waals surface area contributed by atoms with Crippen LogP contribution in [0.1, 0.15) is 25.7 Å². The molecule has 2 atom stereocenters. The van der Waals surface area contributed by atoms with Gasteiger partial charge in [-0.05, 0) is 12.8 Å². The predicted molar refractivity (Wildman–Crippen MR) is 40.1 cm³/mol. The third kappa shape index (κ3) is 1.70. The Morgan fingerprint density at radius 1 is 0.900 bits per heavy atom. The number of hydrogen-bond donors (Lipinski definition) is 0. The van der Waals surface area contributed by atoms with E-state index in [1.807, 2.05) is 0 Å². The first kappa shape index (κ1) is 8.02. The first-order chi connectivity index (χ1) is 4.88. The van der Waals surface area contributed by atoms with E-state index in [-0.39, 0.29) is 0 Å². The van der Waals surface area contributed by atoms with Crippen LogP contribution < -0.4 is 0 Å². The zero-order valence-corrected chi connectivity index (χ0v) is 6.80. The number of methoxy groups -OCH3 is 2. The van der Waals surface area contributed by atoms with Gasteiger partial charge in [-0.3, -0.25) is 0 Å². The van der Waals surface area contributed by atoms with Crippen LogP contribution in [0.4, 0.5) is 0 Å². The minimum Gasteiger partial charge on any atom is -0.379 e. The Bertz CT molecular complexity index is 81.3. The van der Waals surface area contributed by atoms with E-state index in [1.54, 1.807) is 14.2 Å². The van der Waals surface area contributed by atoms with Crippen LogP contribution in [0, 0.1) is 0 Å². The van der Waals surface area contributed by atoms with Crippen LogP contribution in [-0.4, -0.2) is 26.4 Å². The van der Waals surface area contributed by atoms with Crippen LogP contribution >= 0.6 is 0 Å². The maximum absolute atomic E-state index is 5.27. The molecular weight excluding hydrogens is 128 g/mol. The lowest BCUT2D eigenvalue weighted by Crippen LogP contribution is -2.32. The summed E-state index contributed by atoms with van der Waals surface area (Å²) in [4.78, 5) is 0. The number of hydrogen-bond acceptors (Lipinski definition) is 2. The fourth-order valence-electron chi connectivity index (χ4n) is 1.60. The Labute approximate surface area is 62.5 Å². The molecule has 1 aliphatic rings. The van der Waals surface area contributed by atoms with Crippen molar-refractivity contribution < 1.29 is 9.47 Å². The Kier molecular flexibility index (Phi) is 3.16. The van der Waals surface area contributed by atoms with Gasteiger partial charge in [0.25, 0.3) is 0 Å². The summed E-state index contributed by atoms with van der Waals surface area (Å²) in [6.07, 6.45) is 5.60. The molecule has 1 rings (SSSR count). The normalized spacial score (nSPS) is 34.2. The molecule has 0 N–H and O–H groups in total. The van der Waals surface area contributed by atoms with E-state index in [4.69, 9.17) is 9.47 Å². The van der Waals surface area contributed by atoms with Gasteiger partial charge in [-0.2, -0.15) is 0 Å². The van der Waals surface area contributed by atoms with Gasteiger partial charge in [-0.25, -0.2) is 0 Å². The Balaban J connectivity index is 2.34. The van der Waals surface area contributed by atoms with Gasteiger partial charge in [0, 0.05) is 14.2 Å². The van der Waals surface area contributed by atoms with Crippen molar-refractivity contribution in [3.63, 3.8) is 0 Å². The summed E-state index contributed by atoms with van der Waals surface area (Å²) < 4.78 is 10.5. The molecule has 2 unspecified atom stereocenters. The highest BCUT2D eigenvalue weighted by atomic mass is 16.5. The van der Waals surface area contributed by atoms with Gasteiger partial charge in [0.05, 0.1) is 12.2 Å². The molecule has 1 aliphatic carbocycles. The maximum Gasteiger partial charge on any atom is 0.0832 e. The third-order valence-electron chi connectivity index (χ3n) is 2.25. The van der Waals surface area contributed by atoms with Crippen molar-refractivity contribution >= 4 is 0 Å². The summed E-state index contributed by atoms with van der Waals surface area (Å²) in [7, 11) is 3.53. The van der Waals surface area contributed by atoms with Crippen LogP contribution in [-0.2, 0) is 9.47 Å². The van der Waals surface area contributed by atoms with Gasteiger partial charge in [0.15, 0.2) is 0 Å². The number of ether oxygens (including phenoxy) is 2. The third-order valence-corrected chi connectivity index (χ3v) is 2.25. The van der Waals surface area contributed by atoms with E-state index in [2.05, 4.69) is 0 Å². The van der Waals surface area contributed by atoms with Crippen molar-refractivity contribution in [3.8, 4) is 0 Å². The van der Waals surface area contributed by atoms with Crippen molar-refractivity contribution in [2.24, 2.45) is 0 Å². The summed E-state index contributed by atoms with van der Waals surface area (Å²) >= 11 is 0. The van der Waals surface area contributed by atoms with Crippen LogP contribution in [0.5, 0.6) is 0 Å². The second-order valence-electron chi connectivity index (χ2n) is 2.83. The Morgan fingerprint density at radius 2 is 1.30 bits per heavy atom. The van der Waals surface area contributed by atoms with Crippen LogP contribution in [0.15, 0.2) is 0 Å². The van der Waals surface area contributed by atoms with Gasteiger partial charge < -0.3 is 9.47 Å². The summed E-state index contributed by atoms with van der Waals surface area (Å²) in [5.74, 6) is 0. The first-order valence-corrected chi connectivity index (χ1v) is 3.94. The molecule has 0 spiro atoms. The number of rotatable bonds is 2. The van der Waals surface area contributed by atoms with Crippen molar-refractivity contribution in [3.05, 3.63) is 0 Å². The molecule has 0 amide bonds. The highest BCUT2D eigenvalue weighted by Gasteiger charge is 2.23. The quantitative estimate of drug-likeness (QED) is 0.586. The lowest BCUT2D eigenvalue weighted by atomic mass is 9.95. The highest BCUT2D eigenvalue weighted by Crippen LogP contribution is 2.22. The lowest BCUT2D eigenvalue weighted by Gasteiger charge is -2.28. The summed E-state index contributed by atoms with van der Waals surface area (Å²) in [5.41, 5.74) is 0. The molecule has 0 bridgehead atoms. The molecule has 0 aromatic rings. The molecule has 2 heteroatoms. The largest absolute Gasteiger partial charge is 0.379 e. The SMILES string of the molecule is COC1CCCCC1OC. The minimum atomic E-state index is 0.346. The van der Waals surface area contributed by atoms with Gasteiger partial charge in [-0.15, -0.1) is 0 Å². The standard InChI is InChI=1S/C8H16O2/c1-9-7-5-3-4-6-8(7)10-2/h7-8H,3-6H2,1-2H3. The molecule has 0 saturated heterocycles. The summed E-state index contributed by atoms with van der Waals surface area (Å²) in [6, 6.07) is 0. The monoisotopic (exact) mass is 144 g/mol. The maximum atomic E-state index is 5.27. The average Bonchev–Trinajstić information content (AvgIpc) is 2.04. The van der Waals surface area contributed by atoms with Crippen molar-refractivity contribution in [1.82, 2.24) is 0 Å². The van der Waals surface area contributed by atoms with Crippen LogP contribution in [0.2, 0.25) is 0 Å². The first-order valence-electron chi connectivity index (χ1n) is 3.94. The highest BCUT2D eigenvalue weighted by molar-refractivity contribution is 4.75. The molecule has 60 valence electrons. The van der Waals surface area contributed by atoms with Crippen molar-refractivity contribution in [2.75, 3.05) is 14.2 Å². The van der Waals surface area contributed by atoms with E-state index in [0.717, 1.165) is 12.8 Å². The Hall–Kier alpha value is -0.0800. The van der Waals surface area contributed by atoms with E-state index in [1.165, 1.54) is 12.8 Å². The van der Waals surface area contributed by atoms with E-state index in [9.17, 15) is 0 Å². The topological polar surface area (TPSA) is 18.5 Å². The molecule has 0 heterocycles. The Morgan fingerprint density at radius 3 is 1.60 bits per heavy atom. The van der Waals surface area contributed by atoms with Gasteiger partial charge in [0.2, 0.25) is 0 Å². The molecule has 1 fully saturated rings. The van der Waals surface area contributed by atoms with Gasteiger partial charge >= 0.3 is 0 Å². The average molecular weight is 144 g/mol. The molecule has 10 heavy (non-hydrogen) atoms. The molecule has 0 aromatic heterocycles. The lowest BCUT2D eigenvalue weighted by molar-refractivity contribution is -0.0577. The summed E-state index contributed by atoms with van der Waals surface area (Å²) in [5, 5.41) is 0. The molecule has 0 aliphatic heterocycles. The van der Waals surface area contributed by atoms with Crippen molar-refractivity contribution in [1.29, 1.82) is 0 Å². The van der Waals surface area contributed by atoms with E-state index >= 15 is 0 Å². The van der Waals surface area contributed by atoms with Gasteiger partial charge in [-0.1, -0.05) is 12.8 Å². The predicted octanol–water partition coefficient (Wildman–Crippen LogP) is 1.59. The van der Waals surface area contributed by atoms with Crippen molar-refractivity contribution in [2.45, 2.75) is 37.9 Å². The molecule has 2 nitrogen and oxygen atoms in total. The fourth-order valence-corrected chi connectivity index (χ4v) is 1.60. The smallest absolute Gasteiger partial charge is 0.0832 e. The molecule has 0 radical (unpaired) electrons. The van der Waals surface area contributed by atoms with E-state index in [0.29, 0.717) is 12.2 Å². The zero-order chi connectivity index (χ0) is 7.40. The fraction of sp³-hybridized carbons (Fsp3) is 1.00.